The first-order valence-electron chi connectivity index (χ1n) is 7.59. The molecule has 1 fully saturated rings. The van der Waals surface area contributed by atoms with Crippen LogP contribution in [-0.4, -0.2) is 40.8 Å². The van der Waals surface area contributed by atoms with Crippen LogP contribution in [0.2, 0.25) is 0 Å². The molecule has 1 aromatic rings. The predicted octanol–water partition coefficient (Wildman–Crippen LogP) is 1.39. The maximum atomic E-state index is 12.6. The highest BCUT2D eigenvalue weighted by Gasteiger charge is 2.32. The lowest BCUT2D eigenvalue weighted by Gasteiger charge is -2.27. The van der Waals surface area contributed by atoms with Crippen LogP contribution in [-0.2, 0) is 16.0 Å². The average Bonchev–Trinajstić information content (AvgIpc) is 2.65. The highest BCUT2D eigenvalue weighted by molar-refractivity contribution is 5.90. The van der Waals surface area contributed by atoms with Crippen molar-refractivity contribution in [2.24, 2.45) is 5.92 Å². The van der Waals surface area contributed by atoms with E-state index in [1.165, 1.54) is 0 Å². The van der Waals surface area contributed by atoms with Crippen molar-refractivity contribution in [3.05, 3.63) is 30.1 Å². The zero-order chi connectivity index (χ0) is 15.2. The standard InChI is InChI=1S/C16H23N3O2/c1-3-12(2)15-16(21)19(11-7-14(20)18-15)10-6-13-4-8-17-9-5-13/h4-5,8-9,12,15H,3,6-7,10-11H2,1-2H3,(H,18,20). The molecule has 0 spiro atoms. The number of hydrogen-bond donors (Lipinski definition) is 1. The third-order valence-electron chi connectivity index (χ3n) is 4.14. The van der Waals surface area contributed by atoms with E-state index in [0.717, 1.165) is 18.4 Å². The molecule has 1 N–H and O–H groups in total. The Hall–Kier alpha value is -1.91. The van der Waals surface area contributed by atoms with Crippen molar-refractivity contribution in [3.8, 4) is 0 Å². The minimum atomic E-state index is -0.387. The number of pyridine rings is 1. The summed E-state index contributed by atoms with van der Waals surface area (Å²) in [5.41, 5.74) is 1.15. The van der Waals surface area contributed by atoms with Gasteiger partial charge < -0.3 is 10.2 Å². The first-order chi connectivity index (χ1) is 10.1. The van der Waals surface area contributed by atoms with Crippen LogP contribution in [0.25, 0.3) is 0 Å². The van der Waals surface area contributed by atoms with Crippen molar-refractivity contribution in [1.29, 1.82) is 0 Å². The fourth-order valence-corrected chi connectivity index (χ4v) is 2.51. The number of nitrogens with one attached hydrogen (secondary N) is 1. The summed E-state index contributed by atoms with van der Waals surface area (Å²) in [5, 5.41) is 2.87. The minimum Gasteiger partial charge on any atom is -0.344 e. The average molecular weight is 289 g/mol. The molecule has 114 valence electrons. The molecular weight excluding hydrogens is 266 g/mol. The molecule has 2 heterocycles. The molecule has 5 nitrogen and oxygen atoms in total. The van der Waals surface area contributed by atoms with Gasteiger partial charge in [-0.05, 0) is 30.0 Å². The van der Waals surface area contributed by atoms with Crippen LogP contribution in [0.15, 0.2) is 24.5 Å². The Morgan fingerprint density at radius 2 is 2.10 bits per heavy atom. The first kappa shape index (κ1) is 15.5. The van der Waals surface area contributed by atoms with Gasteiger partial charge in [0.2, 0.25) is 11.8 Å². The van der Waals surface area contributed by atoms with Gasteiger partial charge in [0.15, 0.2) is 0 Å². The molecule has 0 aliphatic carbocycles. The van der Waals surface area contributed by atoms with Gasteiger partial charge in [-0.15, -0.1) is 0 Å². The number of aromatic nitrogens is 1. The SMILES string of the molecule is CCC(C)C1NC(=O)CCN(CCc2ccncc2)C1=O. The van der Waals surface area contributed by atoms with E-state index in [-0.39, 0.29) is 23.8 Å². The zero-order valence-corrected chi connectivity index (χ0v) is 12.7. The first-order valence-corrected chi connectivity index (χ1v) is 7.59. The van der Waals surface area contributed by atoms with Crippen LogP contribution in [0.1, 0.15) is 32.3 Å². The van der Waals surface area contributed by atoms with Gasteiger partial charge in [-0.25, -0.2) is 0 Å². The van der Waals surface area contributed by atoms with Crippen LogP contribution in [0, 0.1) is 5.92 Å². The number of amides is 2. The van der Waals surface area contributed by atoms with Crippen molar-refractivity contribution in [3.63, 3.8) is 0 Å². The minimum absolute atomic E-state index is 0.0277. The Balaban J connectivity index is 2.03. The van der Waals surface area contributed by atoms with Gasteiger partial charge in [0.1, 0.15) is 6.04 Å². The van der Waals surface area contributed by atoms with E-state index in [1.807, 2.05) is 30.9 Å². The summed E-state index contributed by atoms with van der Waals surface area (Å²) in [6, 6.07) is 3.53. The van der Waals surface area contributed by atoms with Crippen LogP contribution >= 0.6 is 0 Å². The Labute approximate surface area is 125 Å². The van der Waals surface area contributed by atoms with Gasteiger partial charge in [-0.3, -0.25) is 14.6 Å². The van der Waals surface area contributed by atoms with E-state index in [2.05, 4.69) is 10.3 Å². The third kappa shape index (κ3) is 4.03. The Morgan fingerprint density at radius 3 is 2.76 bits per heavy atom. The predicted molar refractivity (Wildman–Crippen MR) is 80.5 cm³/mol. The van der Waals surface area contributed by atoms with Crippen molar-refractivity contribution < 1.29 is 9.59 Å². The summed E-state index contributed by atoms with van der Waals surface area (Å²) < 4.78 is 0. The topological polar surface area (TPSA) is 62.3 Å². The molecule has 1 aliphatic rings. The molecule has 21 heavy (non-hydrogen) atoms. The molecule has 0 bridgehead atoms. The lowest BCUT2D eigenvalue weighted by Crippen LogP contribution is -2.48. The lowest BCUT2D eigenvalue weighted by molar-refractivity contribution is -0.134. The number of hydrogen-bond acceptors (Lipinski definition) is 3. The molecule has 0 saturated carbocycles. The molecule has 2 unspecified atom stereocenters. The van der Waals surface area contributed by atoms with Crippen LogP contribution in [0.5, 0.6) is 0 Å². The van der Waals surface area contributed by atoms with Crippen molar-refractivity contribution in [2.45, 2.75) is 39.2 Å². The fraction of sp³-hybridized carbons (Fsp3) is 0.562. The summed E-state index contributed by atoms with van der Waals surface area (Å²) in [6.07, 6.45) is 5.55. The van der Waals surface area contributed by atoms with E-state index in [0.29, 0.717) is 19.5 Å². The smallest absolute Gasteiger partial charge is 0.245 e. The molecular formula is C16H23N3O2. The van der Waals surface area contributed by atoms with Crippen molar-refractivity contribution in [2.75, 3.05) is 13.1 Å². The van der Waals surface area contributed by atoms with Gasteiger partial charge >= 0.3 is 0 Å². The third-order valence-corrected chi connectivity index (χ3v) is 4.14. The van der Waals surface area contributed by atoms with Gasteiger partial charge in [0, 0.05) is 31.9 Å². The Kier molecular flexibility index (Phi) is 5.31. The van der Waals surface area contributed by atoms with Crippen LogP contribution in [0.4, 0.5) is 0 Å². The molecule has 2 rings (SSSR count). The highest BCUT2D eigenvalue weighted by atomic mass is 16.2. The van der Waals surface area contributed by atoms with E-state index in [4.69, 9.17) is 0 Å². The maximum Gasteiger partial charge on any atom is 0.245 e. The second kappa shape index (κ2) is 7.20. The number of nitrogens with zero attached hydrogens (tertiary/aromatic N) is 2. The molecule has 2 atom stereocenters. The van der Waals surface area contributed by atoms with Gasteiger partial charge in [-0.2, -0.15) is 0 Å². The zero-order valence-electron chi connectivity index (χ0n) is 12.7. The molecule has 1 saturated heterocycles. The van der Waals surface area contributed by atoms with Crippen LogP contribution in [0.3, 0.4) is 0 Å². The highest BCUT2D eigenvalue weighted by Crippen LogP contribution is 2.15. The summed E-state index contributed by atoms with van der Waals surface area (Å²) in [7, 11) is 0. The normalized spacial score (nSPS) is 20.9. The number of carbonyl (C=O) groups excluding carboxylic acids is 2. The summed E-state index contributed by atoms with van der Waals surface area (Å²) >= 11 is 0. The molecule has 1 aromatic heterocycles. The largest absolute Gasteiger partial charge is 0.344 e. The summed E-state index contributed by atoms with van der Waals surface area (Å²) in [5.74, 6) is 0.173. The van der Waals surface area contributed by atoms with Gasteiger partial charge in [0.05, 0.1) is 0 Å². The second-order valence-corrected chi connectivity index (χ2v) is 5.61. The monoisotopic (exact) mass is 289 g/mol. The second-order valence-electron chi connectivity index (χ2n) is 5.61. The maximum absolute atomic E-state index is 12.6. The van der Waals surface area contributed by atoms with E-state index >= 15 is 0 Å². The molecule has 0 aromatic carbocycles. The lowest BCUT2D eigenvalue weighted by atomic mass is 9.98. The van der Waals surface area contributed by atoms with E-state index < -0.39 is 0 Å². The van der Waals surface area contributed by atoms with E-state index in [9.17, 15) is 9.59 Å². The molecule has 2 amide bonds. The van der Waals surface area contributed by atoms with Gasteiger partial charge in [0.25, 0.3) is 0 Å². The van der Waals surface area contributed by atoms with Crippen molar-refractivity contribution >= 4 is 11.8 Å². The summed E-state index contributed by atoms with van der Waals surface area (Å²) in [4.78, 5) is 30.2. The van der Waals surface area contributed by atoms with Crippen molar-refractivity contribution in [1.82, 2.24) is 15.2 Å². The Bertz CT molecular complexity index is 490. The quantitative estimate of drug-likeness (QED) is 0.891. The fourth-order valence-electron chi connectivity index (χ4n) is 2.51. The molecule has 0 radical (unpaired) electrons. The summed E-state index contributed by atoms with van der Waals surface area (Å²) in [6.45, 7) is 5.19. The van der Waals surface area contributed by atoms with Gasteiger partial charge in [-0.1, -0.05) is 20.3 Å². The number of carbonyl (C=O) groups is 2. The molecule has 5 heteroatoms. The Morgan fingerprint density at radius 1 is 1.38 bits per heavy atom. The molecule has 1 aliphatic heterocycles. The van der Waals surface area contributed by atoms with E-state index in [1.54, 1.807) is 12.4 Å². The number of rotatable bonds is 5. The van der Waals surface area contributed by atoms with Crippen LogP contribution < -0.4 is 5.32 Å².